The van der Waals surface area contributed by atoms with E-state index >= 15 is 0 Å². The molecule has 2 saturated heterocycles. The first-order valence-electron chi connectivity index (χ1n) is 10.1. The van der Waals surface area contributed by atoms with Crippen LogP contribution in [-0.2, 0) is 23.9 Å². The Labute approximate surface area is 169 Å². The van der Waals surface area contributed by atoms with Gasteiger partial charge in [-0.25, -0.2) is 4.79 Å². The largest absolute Gasteiger partial charge is 0.454 e. The molecule has 1 aliphatic carbocycles. The van der Waals surface area contributed by atoms with Crippen LogP contribution >= 0.6 is 0 Å². The van der Waals surface area contributed by atoms with E-state index in [1.165, 1.54) is 4.90 Å². The minimum atomic E-state index is -0.934. The maximum atomic E-state index is 12.8. The van der Waals surface area contributed by atoms with Gasteiger partial charge in [0.25, 0.3) is 11.8 Å². The van der Waals surface area contributed by atoms with E-state index < -0.39 is 36.6 Å². The highest BCUT2D eigenvalue weighted by Crippen LogP contribution is 2.38. The number of carbonyl (C=O) groups excluding carboxylic acids is 5. The molecule has 3 rings (SSSR count). The van der Waals surface area contributed by atoms with E-state index in [1.807, 2.05) is 6.92 Å². The van der Waals surface area contributed by atoms with Crippen LogP contribution in [0.25, 0.3) is 0 Å². The van der Waals surface area contributed by atoms with Gasteiger partial charge < -0.3 is 20.7 Å². The molecule has 5 amide bonds. The number of hydrogen-bond donors (Lipinski definition) is 2. The predicted octanol–water partition coefficient (Wildman–Crippen LogP) is -0.246. The highest BCUT2D eigenvalue weighted by atomic mass is 16.5. The molecule has 1 saturated carbocycles. The van der Waals surface area contributed by atoms with Gasteiger partial charge >= 0.3 is 12.0 Å². The van der Waals surface area contributed by atoms with Gasteiger partial charge in [0.1, 0.15) is 12.1 Å². The summed E-state index contributed by atoms with van der Waals surface area (Å²) in [6.45, 7) is 1.69. The van der Waals surface area contributed by atoms with Gasteiger partial charge in [0.05, 0.1) is 0 Å². The van der Waals surface area contributed by atoms with E-state index in [4.69, 9.17) is 10.5 Å². The summed E-state index contributed by atoms with van der Waals surface area (Å²) < 4.78 is 5.00. The average molecular weight is 408 g/mol. The lowest BCUT2D eigenvalue weighted by atomic mass is 9.73. The Morgan fingerprint density at radius 3 is 2.48 bits per heavy atom. The van der Waals surface area contributed by atoms with E-state index in [0.29, 0.717) is 32.4 Å². The number of nitrogens with zero attached hydrogens (tertiary/aromatic N) is 2. The van der Waals surface area contributed by atoms with Crippen LogP contribution in [-0.4, -0.2) is 71.3 Å². The molecule has 3 N–H and O–H groups in total. The molecule has 2 aliphatic heterocycles. The number of urea groups is 1. The maximum absolute atomic E-state index is 12.8. The molecule has 0 bridgehead atoms. The fourth-order valence-electron chi connectivity index (χ4n) is 4.46. The van der Waals surface area contributed by atoms with Crippen molar-refractivity contribution in [2.24, 2.45) is 17.6 Å². The lowest BCUT2D eigenvalue weighted by Gasteiger charge is -2.36. The van der Waals surface area contributed by atoms with E-state index in [0.717, 1.165) is 24.2 Å². The number of rotatable bonds is 5. The molecule has 10 heteroatoms. The monoisotopic (exact) mass is 408 g/mol. The van der Waals surface area contributed by atoms with Gasteiger partial charge in [0.2, 0.25) is 5.91 Å². The number of ether oxygens (including phenoxy) is 1. The van der Waals surface area contributed by atoms with Gasteiger partial charge in [-0.05, 0) is 31.6 Å². The van der Waals surface area contributed by atoms with E-state index in [-0.39, 0.29) is 23.7 Å². The lowest BCUT2D eigenvalue weighted by Crippen LogP contribution is -2.54. The Balaban J connectivity index is 1.48. The summed E-state index contributed by atoms with van der Waals surface area (Å²) in [7, 11) is 0. The predicted molar refractivity (Wildman–Crippen MR) is 100 cm³/mol. The number of nitrogens with one attached hydrogen (secondary N) is 1. The van der Waals surface area contributed by atoms with Gasteiger partial charge in [-0.15, -0.1) is 0 Å². The Hall–Kier alpha value is -2.65. The van der Waals surface area contributed by atoms with Gasteiger partial charge in [0, 0.05) is 19.0 Å². The molecule has 2 heterocycles. The fourth-order valence-corrected chi connectivity index (χ4v) is 4.46. The van der Waals surface area contributed by atoms with Crippen LogP contribution in [0.3, 0.4) is 0 Å². The second-order valence-electron chi connectivity index (χ2n) is 8.16. The van der Waals surface area contributed by atoms with Gasteiger partial charge in [-0.1, -0.05) is 19.8 Å². The summed E-state index contributed by atoms with van der Waals surface area (Å²) in [6, 6.07) is -0.597. The number of likely N-dealkylation sites (tertiary alicyclic amines) is 1. The molecule has 0 aromatic heterocycles. The number of nitrogens with two attached hydrogens (primary N) is 1. The first kappa shape index (κ1) is 21.1. The zero-order valence-corrected chi connectivity index (χ0v) is 16.6. The second-order valence-corrected chi connectivity index (χ2v) is 8.16. The van der Waals surface area contributed by atoms with E-state index in [1.54, 1.807) is 0 Å². The summed E-state index contributed by atoms with van der Waals surface area (Å²) in [5.41, 5.74) is 4.34. The van der Waals surface area contributed by atoms with Crippen molar-refractivity contribution in [1.82, 2.24) is 15.1 Å². The number of primary amides is 1. The molecule has 1 spiro atoms. The van der Waals surface area contributed by atoms with Crippen molar-refractivity contribution in [1.29, 1.82) is 0 Å². The molecular formula is C19H28N4O6. The molecular weight excluding hydrogens is 380 g/mol. The Morgan fingerprint density at radius 2 is 1.86 bits per heavy atom. The standard InChI is InChI=1S/C19H28N4O6/c1-12-4-2-3-7-19(12)17(27)23(18(28)21-19)10-15(25)29-11-14(24)22-8-5-13(6-9-22)16(20)26/h12-13H,2-11H2,1H3,(H2,20,26)(H,21,28)/t12-,19-/m1/s1. The third-order valence-corrected chi connectivity index (χ3v) is 6.40. The summed E-state index contributed by atoms with van der Waals surface area (Å²) >= 11 is 0. The van der Waals surface area contributed by atoms with Gasteiger partial charge in [-0.2, -0.15) is 0 Å². The van der Waals surface area contributed by atoms with Crippen LogP contribution in [0.2, 0.25) is 0 Å². The number of imide groups is 1. The number of hydrogen-bond acceptors (Lipinski definition) is 6. The summed E-state index contributed by atoms with van der Waals surface area (Å²) in [5, 5.41) is 2.77. The van der Waals surface area contributed by atoms with Gasteiger partial charge in [-0.3, -0.25) is 24.1 Å². The van der Waals surface area contributed by atoms with Crippen LogP contribution in [0.4, 0.5) is 4.79 Å². The maximum Gasteiger partial charge on any atom is 0.326 e. The van der Waals surface area contributed by atoms with Crippen LogP contribution in [0.5, 0.6) is 0 Å². The summed E-state index contributed by atoms with van der Waals surface area (Å²) in [6.07, 6.45) is 4.22. The van der Waals surface area contributed by atoms with Crippen molar-refractivity contribution in [2.45, 2.75) is 51.0 Å². The molecule has 160 valence electrons. The quantitative estimate of drug-likeness (QED) is 0.475. The van der Waals surface area contributed by atoms with Gasteiger partial charge in [0.15, 0.2) is 6.61 Å². The van der Waals surface area contributed by atoms with Crippen molar-refractivity contribution in [2.75, 3.05) is 26.2 Å². The SMILES string of the molecule is C[C@@H]1CCCC[C@@]12NC(=O)N(CC(=O)OCC(=O)N1CCC(C(N)=O)CC1)C2=O. The molecule has 10 nitrogen and oxygen atoms in total. The normalized spacial score (nSPS) is 27.8. The van der Waals surface area contributed by atoms with Crippen molar-refractivity contribution >= 4 is 29.7 Å². The molecule has 3 aliphatic rings. The third-order valence-electron chi connectivity index (χ3n) is 6.40. The topological polar surface area (TPSA) is 139 Å². The molecule has 3 fully saturated rings. The smallest absolute Gasteiger partial charge is 0.326 e. The Morgan fingerprint density at radius 1 is 1.17 bits per heavy atom. The minimum Gasteiger partial charge on any atom is -0.454 e. The Bertz CT molecular complexity index is 717. The second kappa shape index (κ2) is 8.38. The van der Waals surface area contributed by atoms with Crippen LogP contribution in [0.15, 0.2) is 0 Å². The fraction of sp³-hybridized carbons (Fsp3) is 0.737. The third kappa shape index (κ3) is 4.20. The first-order chi connectivity index (χ1) is 13.7. The highest BCUT2D eigenvalue weighted by molar-refractivity contribution is 6.09. The number of carbonyl (C=O) groups is 5. The number of esters is 1. The molecule has 0 aromatic carbocycles. The summed E-state index contributed by atoms with van der Waals surface area (Å²) in [4.78, 5) is 63.0. The molecule has 29 heavy (non-hydrogen) atoms. The lowest BCUT2D eigenvalue weighted by molar-refractivity contribution is -0.154. The zero-order chi connectivity index (χ0) is 21.2. The van der Waals surface area contributed by atoms with Crippen LogP contribution in [0, 0.1) is 11.8 Å². The molecule has 2 atom stereocenters. The van der Waals surface area contributed by atoms with E-state index in [9.17, 15) is 24.0 Å². The van der Waals surface area contributed by atoms with Crippen LogP contribution < -0.4 is 11.1 Å². The van der Waals surface area contributed by atoms with Crippen molar-refractivity contribution in [3.8, 4) is 0 Å². The molecule has 0 aromatic rings. The average Bonchev–Trinajstić information content (AvgIpc) is 2.93. The first-order valence-corrected chi connectivity index (χ1v) is 10.1. The van der Waals surface area contributed by atoms with Crippen molar-refractivity contribution < 1.29 is 28.7 Å². The summed E-state index contributed by atoms with van der Waals surface area (Å²) in [5.74, 6) is -2.20. The minimum absolute atomic E-state index is 0.00127. The zero-order valence-electron chi connectivity index (χ0n) is 16.6. The number of piperidine rings is 1. The van der Waals surface area contributed by atoms with Crippen molar-refractivity contribution in [3.05, 3.63) is 0 Å². The number of amides is 5. The highest BCUT2D eigenvalue weighted by Gasteiger charge is 2.55. The van der Waals surface area contributed by atoms with Crippen molar-refractivity contribution in [3.63, 3.8) is 0 Å². The van der Waals surface area contributed by atoms with E-state index in [2.05, 4.69) is 5.32 Å². The van der Waals surface area contributed by atoms with Crippen LogP contribution in [0.1, 0.15) is 45.4 Å². The Kier molecular flexibility index (Phi) is 6.09. The molecule has 0 unspecified atom stereocenters. The molecule has 0 radical (unpaired) electrons.